The van der Waals surface area contributed by atoms with E-state index < -0.39 is 17.6 Å². The standard InChI is InChI=1S/C17H13FN2O3.ClH/c1-2-23-15(19)10-7-8-14(13(18)9-10)20-16(21)11-5-3-4-6-12(11)17(20)22;/h3-9,19H,2H2,1H3;1H. The first-order valence-electron chi connectivity index (χ1n) is 7.03. The molecule has 0 atom stereocenters. The topological polar surface area (TPSA) is 70.5 Å². The lowest BCUT2D eigenvalue weighted by molar-refractivity contribution is 0.0925. The van der Waals surface area contributed by atoms with E-state index in [0.29, 0.717) is 6.61 Å². The third-order valence-electron chi connectivity index (χ3n) is 3.53. The third-order valence-corrected chi connectivity index (χ3v) is 3.53. The molecule has 1 N–H and O–H groups in total. The molecule has 0 aliphatic carbocycles. The van der Waals surface area contributed by atoms with Crippen LogP contribution in [0.25, 0.3) is 0 Å². The van der Waals surface area contributed by atoms with Crippen molar-refractivity contribution in [3.8, 4) is 0 Å². The summed E-state index contributed by atoms with van der Waals surface area (Å²) in [5.41, 5.74) is 0.611. The van der Waals surface area contributed by atoms with Crippen molar-refractivity contribution in [1.29, 1.82) is 5.41 Å². The van der Waals surface area contributed by atoms with E-state index in [4.69, 9.17) is 10.1 Å². The maximum absolute atomic E-state index is 14.4. The van der Waals surface area contributed by atoms with Gasteiger partial charge in [-0.3, -0.25) is 15.0 Å². The Bertz CT molecular complexity index is 803. The average Bonchev–Trinajstić information content (AvgIpc) is 2.80. The van der Waals surface area contributed by atoms with Crippen LogP contribution in [-0.2, 0) is 4.74 Å². The molecular formula is C17H14ClFN2O3. The third kappa shape index (κ3) is 2.76. The molecule has 0 saturated carbocycles. The van der Waals surface area contributed by atoms with Crippen LogP contribution in [0.3, 0.4) is 0 Å². The summed E-state index contributed by atoms with van der Waals surface area (Å²) in [5, 5.41) is 7.65. The molecule has 0 spiro atoms. The van der Waals surface area contributed by atoms with Crippen molar-refractivity contribution in [1.82, 2.24) is 0 Å². The molecule has 0 aromatic heterocycles. The van der Waals surface area contributed by atoms with Crippen molar-refractivity contribution in [2.24, 2.45) is 0 Å². The van der Waals surface area contributed by atoms with Gasteiger partial charge in [0.05, 0.1) is 23.4 Å². The summed E-state index contributed by atoms with van der Waals surface area (Å²) < 4.78 is 19.4. The Morgan fingerprint density at radius 3 is 2.21 bits per heavy atom. The number of anilines is 1. The van der Waals surface area contributed by atoms with E-state index in [0.717, 1.165) is 11.0 Å². The van der Waals surface area contributed by atoms with Crippen molar-refractivity contribution < 1.29 is 18.7 Å². The maximum Gasteiger partial charge on any atom is 0.266 e. The number of nitrogens with one attached hydrogen (secondary N) is 1. The van der Waals surface area contributed by atoms with Crippen LogP contribution in [-0.4, -0.2) is 24.3 Å². The summed E-state index contributed by atoms with van der Waals surface area (Å²) in [5.74, 6) is -2.05. The van der Waals surface area contributed by atoms with E-state index in [-0.39, 0.29) is 40.7 Å². The quantitative estimate of drug-likeness (QED) is 0.525. The fourth-order valence-corrected chi connectivity index (χ4v) is 2.47. The Balaban J connectivity index is 0.00000208. The molecule has 1 aliphatic rings. The Labute approximate surface area is 144 Å². The molecular weight excluding hydrogens is 335 g/mol. The van der Waals surface area contributed by atoms with Gasteiger partial charge in [0.1, 0.15) is 5.82 Å². The summed E-state index contributed by atoms with van der Waals surface area (Å²) >= 11 is 0. The lowest BCUT2D eigenvalue weighted by atomic mass is 10.1. The smallest absolute Gasteiger partial charge is 0.266 e. The molecule has 0 bridgehead atoms. The number of benzene rings is 2. The Hall–Kier alpha value is -2.73. The molecule has 0 radical (unpaired) electrons. The molecule has 7 heteroatoms. The first-order valence-corrected chi connectivity index (χ1v) is 7.03. The zero-order chi connectivity index (χ0) is 16.6. The number of ether oxygens (including phenoxy) is 1. The molecule has 5 nitrogen and oxygen atoms in total. The lowest BCUT2D eigenvalue weighted by Gasteiger charge is -2.15. The van der Waals surface area contributed by atoms with Crippen molar-refractivity contribution in [2.75, 3.05) is 11.5 Å². The van der Waals surface area contributed by atoms with Crippen LogP contribution in [0, 0.1) is 11.2 Å². The van der Waals surface area contributed by atoms with E-state index in [1.54, 1.807) is 19.1 Å². The van der Waals surface area contributed by atoms with Crippen molar-refractivity contribution in [2.45, 2.75) is 6.92 Å². The van der Waals surface area contributed by atoms with E-state index in [1.165, 1.54) is 24.3 Å². The summed E-state index contributed by atoms with van der Waals surface area (Å²) in [7, 11) is 0. The Kier molecular flexibility index (Phi) is 4.99. The number of hydrogen-bond donors (Lipinski definition) is 1. The second kappa shape index (κ2) is 6.80. The predicted molar refractivity (Wildman–Crippen MR) is 89.7 cm³/mol. The first-order chi connectivity index (χ1) is 11.0. The number of halogens is 2. The number of carbonyl (C=O) groups excluding carboxylic acids is 2. The lowest BCUT2D eigenvalue weighted by Crippen LogP contribution is -2.30. The van der Waals surface area contributed by atoms with Crippen LogP contribution in [0.15, 0.2) is 42.5 Å². The number of fused-ring (bicyclic) bond motifs is 1. The number of rotatable bonds is 3. The van der Waals surface area contributed by atoms with Crippen molar-refractivity contribution in [3.05, 3.63) is 65.0 Å². The van der Waals surface area contributed by atoms with E-state index in [1.807, 2.05) is 0 Å². The second-order valence-electron chi connectivity index (χ2n) is 4.92. The summed E-state index contributed by atoms with van der Waals surface area (Å²) in [6.07, 6.45) is 0. The van der Waals surface area contributed by atoms with Crippen LogP contribution < -0.4 is 4.90 Å². The van der Waals surface area contributed by atoms with E-state index in [2.05, 4.69) is 0 Å². The molecule has 0 saturated heterocycles. The normalized spacial score (nSPS) is 12.7. The first kappa shape index (κ1) is 17.6. The minimum Gasteiger partial charge on any atom is -0.478 e. The maximum atomic E-state index is 14.4. The zero-order valence-corrected chi connectivity index (χ0v) is 13.5. The highest BCUT2D eigenvalue weighted by molar-refractivity contribution is 6.34. The molecule has 3 rings (SSSR count). The molecule has 0 unspecified atom stereocenters. The van der Waals surface area contributed by atoms with Crippen LogP contribution in [0.5, 0.6) is 0 Å². The van der Waals surface area contributed by atoms with Gasteiger partial charge in [-0.2, -0.15) is 0 Å². The Morgan fingerprint density at radius 1 is 1.12 bits per heavy atom. The largest absolute Gasteiger partial charge is 0.478 e. The SMILES string of the molecule is CCOC(=N)c1ccc(N2C(=O)c3ccccc3C2=O)c(F)c1.Cl. The number of carbonyl (C=O) groups is 2. The van der Waals surface area contributed by atoms with Gasteiger partial charge in [0.25, 0.3) is 11.8 Å². The van der Waals surface area contributed by atoms with Crippen molar-refractivity contribution in [3.63, 3.8) is 0 Å². The summed E-state index contributed by atoms with van der Waals surface area (Å²) in [6.45, 7) is 2.01. The predicted octanol–water partition coefficient (Wildman–Crippen LogP) is 3.41. The van der Waals surface area contributed by atoms with Gasteiger partial charge in [-0.25, -0.2) is 9.29 Å². The molecule has 2 amide bonds. The molecule has 2 aromatic rings. The Morgan fingerprint density at radius 2 is 1.71 bits per heavy atom. The van der Waals surface area contributed by atoms with Gasteiger partial charge in [0.2, 0.25) is 5.90 Å². The molecule has 2 aromatic carbocycles. The number of hydrogen-bond acceptors (Lipinski definition) is 4. The van der Waals surface area contributed by atoms with Crippen LogP contribution >= 0.6 is 12.4 Å². The molecule has 0 fully saturated rings. The minimum atomic E-state index is -0.763. The minimum absolute atomic E-state index is 0. The molecule has 1 heterocycles. The molecule has 1 aliphatic heterocycles. The highest BCUT2D eigenvalue weighted by Gasteiger charge is 2.37. The summed E-state index contributed by atoms with van der Waals surface area (Å²) in [4.78, 5) is 25.5. The van der Waals surface area contributed by atoms with Gasteiger partial charge in [-0.1, -0.05) is 12.1 Å². The number of amides is 2. The average molecular weight is 349 g/mol. The van der Waals surface area contributed by atoms with E-state index in [9.17, 15) is 14.0 Å². The molecule has 24 heavy (non-hydrogen) atoms. The number of nitrogens with zero attached hydrogens (tertiary/aromatic N) is 1. The highest BCUT2D eigenvalue weighted by atomic mass is 35.5. The van der Waals surface area contributed by atoms with Crippen LogP contribution in [0.1, 0.15) is 33.2 Å². The van der Waals surface area contributed by atoms with Gasteiger partial charge in [0.15, 0.2) is 0 Å². The van der Waals surface area contributed by atoms with Gasteiger partial charge < -0.3 is 4.74 Å². The van der Waals surface area contributed by atoms with Gasteiger partial charge in [-0.15, -0.1) is 12.4 Å². The number of imide groups is 1. The zero-order valence-electron chi connectivity index (χ0n) is 12.7. The molecule has 124 valence electrons. The monoisotopic (exact) mass is 348 g/mol. The van der Waals surface area contributed by atoms with E-state index >= 15 is 0 Å². The van der Waals surface area contributed by atoms with Crippen LogP contribution in [0.2, 0.25) is 0 Å². The van der Waals surface area contributed by atoms with Crippen molar-refractivity contribution >= 4 is 35.8 Å². The second-order valence-corrected chi connectivity index (χ2v) is 4.92. The van der Waals surface area contributed by atoms with Gasteiger partial charge >= 0.3 is 0 Å². The highest BCUT2D eigenvalue weighted by Crippen LogP contribution is 2.30. The fraction of sp³-hybridized carbons (Fsp3) is 0.118. The summed E-state index contributed by atoms with van der Waals surface area (Å²) in [6, 6.07) is 10.2. The van der Waals surface area contributed by atoms with Gasteiger partial charge in [-0.05, 0) is 37.3 Å². The van der Waals surface area contributed by atoms with Crippen LogP contribution in [0.4, 0.5) is 10.1 Å². The fourth-order valence-electron chi connectivity index (χ4n) is 2.47. The van der Waals surface area contributed by atoms with Gasteiger partial charge in [0, 0.05) is 5.56 Å².